The lowest BCUT2D eigenvalue weighted by Crippen LogP contribution is -2.43. The van der Waals surface area contributed by atoms with Crippen LogP contribution in [0.4, 0.5) is 0 Å². The molecular formula is C17H16N4O3. The summed E-state index contributed by atoms with van der Waals surface area (Å²) in [6.45, 7) is 2.93. The minimum atomic E-state index is -0.375. The van der Waals surface area contributed by atoms with Crippen LogP contribution >= 0.6 is 0 Å². The molecule has 7 nitrogen and oxygen atoms in total. The summed E-state index contributed by atoms with van der Waals surface area (Å²) >= 11 is 0. The van der Waals surface area contributed by atoms with Gasteiger partial charge in [-0.2, -0.15) is 10.2 Å². The molecule has 2 heterocycles. The van der Waals surface area contributed by atoms with Crippen molar-refractivity contribution >= 4 is 12.0 Å². The topological polar surface area (TPSA) is 92.2 Å². The van der Waals surface area contributed by atoms with Crippen molar-refractivity contribution in [2.75, 3.05) is 19.8 Å². The van der Waals surface area contributed by atoms with Gasteiger partial charge in [0.2, 0.25) is 11.8 Å². The minimum absolute atomic E-state index is 0.182. The number of carbonyl (C=O) groups is 1. The van der Waals surface area contributed by atoms with E-state index < -0.39 is 0 Å². The number of morpholine rings is 1. The molecule has 0 saturated carbocycles. The molecule has 1 aliphatic heterocycles. The van der Waals surface area contributed by atoms with Crippen molar-refractivity contribution < 1.29 is 14.1 Å². The van der Waals surface area contributed by atoms with E-state index in [0.29, 0.717) is 42.6 Å². The summed E-state index contributed by atoms with van der Waals surface area (Å²) in [6.07, 6.45) is 3.11. The number of hydrogen-bond donors (Lipinski definition) is 0. The third-order valence-corrected chi connectivity index (χ3v) is 3.74. The second-order valence-electron chi connectivity index (χ2n) is 5.33. The van der Waals surface area contributed by atoms with Crippen LogP contribution in [0.25, 0.3) is 6.08 Å². The van der Waals surface area contributed by atoms with Gasteiger partial charge < -0.3 is 14.2 Å². The first-order valence-electron chi connectivity index (χ1n) is 7.55. The molecule has 3 rings (SSSR count). The first kappa shape index (κ1) is 15.9. The van der Waals surface area contributed by atoms with Gasteiger partial charge in [0.1, 0.15) is 6.04 Å². The Morgan fingerprint density at radius 3 is 3.04 bits per heavy atom. The predicted octanol–water partition coefficient (Wildman–Crippen LogP) is 1.86. The Hall–Kier alpha value is -2.98. The molecule has 1 aromatic heterocycles. The zero-order valence-corrected chi connectivity index (χ0v) is 13.2. The third-order valence-electron chi connectivity index (χ3n) is 3.74. The summed E-state index contributed by atoms with van der Waals surface area (Å²) in [4.78, 5) is 18.4. The molecule has 122 valence electrons. The summed E-state index contributed by atoms with van der Waals surface area (Å²) in [5.74, 6) is 0.700. The van der Waals surface area contributed by atoms with Crippen LogP contribution < -0.4 is 0 Å². The molecule has 1 amide bonds. The van der Waals surface area contributed by atoms with Crippen LogP contribution in [0.2, 0.25) is 0 Å². The van der Waals surface area contributed by atoms with Crippen LogP contribution in [-0.4, -0.2) is 40.7 Å². The standard InChI is InChI=1S/C17H16N4O3/c1-12-19-17(20-24-12)15-11-23-9-8-21(15)16(22)7-6-13-4-2-3-5-14(13)10-18/h2-7,15H,8-9,11H2,1H3/b7-6+. The number of ether oxygens (including phenoxy) is 1. The zero-order valence-electron chi connectivity index (χ0n) is 13.2. The van der Waals surface area contributed by atoms with Gasteiger partial charge >= 0.3 is 0 Å². The van der Waals surface area contributed by atoms with Gasteiger partial charge in [0.15, 0.2) is 5.82 Å². The maximum Gasteiger partial charge on any atom is 0.247 e. The number of nitriles is 1. The molecule has 0 aliphatic carbocycles. The van der Waals surface area contributed by atoms with E-state index in [4.69, 9.17) is 14.5 Å². The number of rotatable bonds is 3. The highest BCUT2D eigenvalue weighted by molar-refractivity contribution is 5.92. The zero-order chi connectivity index (χ0) is 16.9. The third kappa shape index (κ3) is 3.34. The molecule has 7 heteroatoms. The molecule has 1 aromatic carbocycles. The summed E-state index contributed by atoms with van der Waals surface area (Å²) in [6, 6.07) is 8.85. The van der Waals surface area contributed by atoms with Crippen LogP contribution in [0.3, 0.4) is 0 Å². The largest absolute Gasteiger partial charge is 0.377 e. The second-order valence-corrected chi connectivity index (χ2v) is 5.33. The lowest BCUT2D eigenvalue weighted by atomic mass is 10.1. The number of hydrogen-bond acceptors (Lipinski definition) is 6. The lowest BCUT2D eigenvalue weighted by Gasteiger charge is -2.32. The normalized spacial score (nSPS) is 17.8. The molecule has 0 N–H and O–H groups in total. The molecular weight excluding hydrogens is 308 g/mol. The number of nitrogens with zero attached hydrogens (tertiary/aromatic N) is 4. The van der Waals surface area contributed by atoms with E-state index in [0.717, 1.165) is 0 Å². The van der Waals surface area contributed by atoms with Gasteiger partial charge in [-0.3, -0.25) is 4.79 Å². The van der Waals surface area contributed by atoms with Crippen molar-refractivity contribution in [1.82, 2.24) is 15.0 Å². The smallest absolute Gasteiger partial charge is 0.247 e. The Bertz CT molecular complexity index is 806. The molecule has 24 heavy (non-hydrogen) atoms. The van der Waals surface area contributed by atoms with Crippen LogP contribution in [0.5, 0.6) is 0 Å². The fourth-order valence-electron chi connectivity index (χ4n) is 2.53. The van der Waals surface area contributed by atoms with Gasteiger partial charge in [0, 0.05) is 19.5 Å². The van der Waals surface area contributed by atoms with Crippen molar-refractivity contribution in [3.63, 3.8) is 0 Å². The van der Waals surface area contributed by atoms with Crippen molar-refractivity contribution in [3.05, 3.63) is 53.2 Å². The Labute approximate surface area is 139 Å². The molecule has 0 spiro atoms. The van der Waals surface area contributed by atoms with E-state index in [1.807, 2.05) is 6.07 Å². The van der Waals surface area contributed by atoms with Gasteiger partial charge in [-0.25, -0.2) is 0 Å². The van der Waals surface area contributed by atoms with Crippen LogP contribution in [0, 0.1) is 18.3 Å². The highest BCUT2D eigenvalue weighted by Crippen LogP contribution is 2.22. The molecule has 2 aromatic rings. The number of aryl methyl sites for hydroxylation is 1. The van der Waals surface area contributed by atoms with E-state index in [1.54, 1.807) is 36.1 Å². The van der Waals surface area contributed by atoms with Crippen molar-refractivity contribution in [2.45, 2.75) is 13.0 Å². The van der Waals surface area contributed by atoms with Gasteiger partial charge in [-0.1, -0.05) is 23.4 Å². The fraction of sp³-hybridized carbons (Fsp3) is 0.294. The minimum Gasteiger partial charge on any atom is -0.377 e. The Morgan fingerprint density at radius 2 is 2.29 bits per heavy atom. The lowest BCUT2D eigenvalue weighted by molar-refractivity contribution is -0.135. The molecule has 1 saturated heterocycles. The maximum absolute atomic E-state index is 12.6. The number of aromatic nitrogens is 2. The number of carbonyl (C=O) groups excluding carboxylic acids is 1. The Balaban J connectivity index is 1.79. The Kier molecular flexibility index (Phi) is 4.68. The average Bonchev–Trinajstić information content (AvgIpc) is 3.06. The number of amides is 1. The van der Waals surface area contributed by atoms with Gasteiger partial charge in [-0.15, -0.1) is 0 Å². The van der Waals surface area contributed by atoms with Crippen LogP contribution in [-0.2, 0) is 9.53 Å². The van der Waals surface area contributed by atoms with Crippen molar-refractivity contribution in [2.24, 2.45) is 0 Å². The van der Waals surface area contributed by atoms with E-state index >= 15 is 0 Å². The monoisotopic (exact) mass is 324 g/mol. The van der Waals surface area contributed by atoms with Crippen molar-refractivity contribution in [1.29, 1.82) is 5.26 Å². The average molecular weight is 324 g/mol. The highest BCUT2D eigenvalue weighted by atomic mass is 16.5. The molecule has 0 radical (unpaired) electrons. The second kappa shape index (κ2) is 7.06. The summed E-state index contributed by atoms with van der Waals surface area (Å²) < 4.78 is 10.4. The fourth-order valence-corrected chi connectivity index (χ4v) is 2.53. The summed E-state index contributed by atoms with van der Waals surface area (Å²) in [5, 5.41) is 13.0. The maximum atomic E-state index is 12.6. The first-order valence-corrected chi connectivity index (χ1v) is 7.55. The predicted molar refractivity (Wildman–Crippen MR) is 84.5 cm³/mol. The van der Waals surface area contributed by atoms with E-state index in [9.17, 15) is 4.79 Å². The van der Waals surface area contributed by atoms with E-state index in [2.05, 4.69) is 16.2 Å². The molecule has 1 aliphatic rings. The van der Waals surface area contributed by atoms with E-state index in [-0.39, 0.29) is 11.9 Å². The summed E-state index contributed by atoms with van der Waals surface area (Å²) in [7, 11) is 0. The highest BCUT2D eigenvalue weighted by Gasteiger charge is 2.30. The number of benzene rings is 1. The molecule has 1 unspecified atom stereocenters. The van der Waals surface area contributed by atoms with Crippen molar-refractivity contribution in [3.8, 4) is 6.07 Å². The van der Waals surface area contributed by atoms with E-state index in [1.165, 1.54) is 6.08 Å². The van der Waals surface area contributed by atoms with Gasteiger partial charge in [0.05, 0.1) is 24.8 Å². The van der Waals surface area contributed by atoms with Crippen LogP contribution in [0.1, 0.15) is 28.9 Å². The van der Waals surface area contributed by atoms with Crippen LogP contribution in [0.15, 0.2) is 34.9 Å². The van der Waals surface area contributed by atoms with Gasteiger partial charge in [0.25, 0.3) is 0 Å². The summed E-state index contributed by atoms with van der Waals surface area (Å²) in [5.41, 5.74) is 1.22. The molecule has 1 atom stereocenters. The SMILES string of the molecule is Cc1nc(C2COCCN2C(=O)/C=C/c2ccccc2C#N)no1. The Morgan fingerprint density at radius 1 is 1.46 bits per heavy atom. The molecule has 0 bridgehead atoms. The molecule has 1 fully saturated rings. The van der Waals surface area contributed by atoms with Gasteiger partial charge in [-0.05, 0) is 17.7 Å². The first-order chi connectivity index (χ1) is 11.7. The quantitative estimate of drug-likeness (QED) is 0.800.